The summed E-state index contributed by atoms with van der Waals surface area (Å²) in [7, 11) is 3.52. The Bertz CT molecular complexity index is 1460. The molecule has 2 aliphatic rings. The highest BCUT2D eigenvalue weighted by atomic mass is 16.5. The zero-order valence-corrected chi connectivity index (χ0v) is 22.5. The number of ether oxygens (including phenoxy) is 2. The first kappa shape index (κ1) is 25.4. The zero-order chi connectivity index (χ0) is 26.8. The third-order valence-electron chi connectivity index (χ3n) is 7.64. The van der Waals surface area contributed by atoms with Gasteiger partial charge in [-0.05, 0) is 49.3 Å². The molecule has 1 saturated heterocycles. The van der Waals surface area contributed by atoms with E-state index in [0.717, 1.165) is 85.5 Å². The topological polar surface area (TPSA) is 97.6 Å². The number of pyridine rings is 1. The molecule has 0 unspecified atom stereocenters. The lowest BCUT2D eigenvalue weighted by Crippen LogP contribution is -2.37. The number of hydrogen-bond acceptors (Lipinski definition) is 8. The van der Waals surface area contributed by atoms with Crippen LogP contribution in [0.15, 0.2) is 48.8 Å². The molecule has 0 radical (unpaired) electrons. The molecule has 2 fully saturated rings. The van der Waals surface area contributed by atoms with E-state index in [1.165, 1.54) is 0 Å². The molecule has 1 aromatic carbocycles. The number of nitrogens with zero attached hydrogens (tertiary/aromatic N) is 6. The Morgan fingerprint density at radius 3 is 2.69 bits per heavy atom. The van der Waals surface area contributed by atoms with Crippen molar-refractivity contribution in [2.75, 3.05) is 50.6 Å². The summed E-state index contributed by atoms with van der Waals surface area (Å²) in [5.74, 6) is 2.32. The molecule has 10 nitrogen and oxygen atoms in total. The minimum atomic E-state index is 0.0321. The van der Waals surface area contributed by atoms with E-state index in [-0.39, 0.29) is 24.6 Å². The van der Waals surface area contributed by atoms with Crippen molar-refractivity contribution < 1.29 is 14.3 Å². The van der Waals surface area contributed by atoms with E-state index in [1.54, 1.807) is 25.2 Å². The van der Waals surface area contributed by atoms with Crippen molar-refractivity contribution in [2.24, 2.45) is 0 Å². The minimum absolute atomic E-state index is 0.0321. The summed E-state index contributed by atoms with van der Waals surface area (Å²) in [5.41, 5.74) is 1.68. The Kier molecular flexibility index (Phi) is 7.19. The number of amides is 1. The molecular formula is C29H35N7O3. The maximum Gasteiger partial charge on any atom is 0.241 e. The van der Waals surface area contributed by atoms with Crippen molar-refractivity contribution >= 4 is 39.5 Å². The van der Waals surface area contributed by atoms with Crippen molar-refractivity contribution in [1.29, 1.82) is 0 Å². The normalized spacial score (nSPS) is 19.8. The molecule has 1 amide bonds. The number of aromatic nitrogens is 4. The number of carbonyl (C=O) groups is 1. The number of morpholine rings is 1. The highest BCUT2D eigenvalue weighted by Crippen LogP contribution is 2.32. The number of rotatable bonds is 7. The van der Waals surface area contributed by atoms with Crippen LogP contribution in [0.5, 0.6) is 5.88 Å². The van der Waals surface area contributed by atoms with E-state index in [4.69, 9.17) is 19.4 Å². The SMILES string of the molecule is CN(C)C(=O)Cn1ccc2nc(N[C@H]3CC[C@@H](Oc4nc(N5CCOCC5)cc5ccccc45)CC3)ncc21. The van der Waals surface area contributed by atoms with Gasteiger partial charge >= 0.3 is 0 Å². The number of hydrogen-bond donors (Lipinski definition) is 1. The summed E-state index contributed by atoms with van der Waals surface area (Å²) >= 11 is 0. The third-order valence-corrected chi connectivity index (χ3v) is 7.64. The first-order chi connectivity index (χ1) is 19.0. The number of likely N-dealkylation sites (N-methyl/N-ethyl adjacent to an activating group) is 1. The molecule has 1 aliphatic heterocycles. The lowest BCUT2D eigenvalue weighted by molar-refractivity contribution is -0.129. The van der Waals surface area contributed by atoms with Gasteiger partial charge in [0.2, 0.25) is 17.7 Å². The van der Waals surface area contributed by atoms with Crippen LogP contribution in [0.4, 0.5) is 11.8 Å². The van der Waals surface area contributed by atoms with Gasteiger partial charge in [-0.15, -0.1) is 0 Å². The predicted octanol–water partition coefficient (Wildman–Crippen LogP) is 3.71. The third kappa shape index (κ3) is 5.61. The first-order valence-electron chi connectivity index (χ1n) is 13.7. The van der Waals surface area contributed by atoms with Crippen LogP contribution in [0.1, 0.15) is 25.7 Å². The lowest BCUT2D eigenvalue weighted by atomic mass is 9.93. The van der Waals surface area contributed by atoms with Crippen LogP contribution in [0.25, 0.3) is 21.8 Å². The van der Waals surface area contributed by atoms with E-state index in [2.05, 4.69) is 39.5 Å². The van der Waals surface area contributed by atoms with Gasteiger partial charge in [0.25, 0.3) is 0 Å². The van der Waals surface area contributed by atoms with E-state index in [0.29, 0.717) is 5.95 Å². The Hall–Kier alpha value is -3.92. The molecule has 204 valence electrons. The van der Waals surface area contributed by atoms with E-state index >= 15 is 0 Å². The van der Waals surface area contributed by atoms with Crippen molar-refractivity contribution in [3.63, 3.8) is 0 Å². The standard InChI is InChI=1S/C29H35N7O3/c1-34(2)27(37)19-36-12-11-24-25(36)18-30-29(32-24)31-21-7-9-22(10-8-21)39-28-23-6-4-3-5-20(23)17-26(33-28)35-13-15-38-16-14-35/h3-6,11-12,17-18,21-22H,7-10,13-16,19H2,1-2H3,(H,30,31,32)/t21-,22+. The second-order valence-electron chi connectivity index (χ2n) is 10.5. The molecule has 4 aromatic rings. The van der Waals surface area contributed by atoms with Crippen molar-refractivity contribution in [3.05, 3.63) is 48.8 Å². The molecule has 3 aromatic heterocycles. The van der Waals surface area contributed by atoms with Gasteiger partial charge in [0.05, 0.1) is 30.4 Å². The van der Waals surface area contributed by atoms with E-state index < -0.39 is 0 Å². The second kappa shape index (κ2) is 11.1. The second-order valence-corrected chi connectivity index (χ2v) is 10.5. The average Bonchev–Trinajstić information content (AvgIpc) is 3.36. The molecule has 0 bridgehead atoms. The molecule has 1 aliphatic carbocycles. The van der Waals surface area contributed by atoms with Gasteiger partial charge in [-0.25, -0.2) is 9.97 Å². The largest absolute Gasteiger partial charge is 0.474 e. The van der Waals surface area contributed by atoms with Crippen LogP contribution in [-0.4, -0.2) is 82.9 Å². The zero-order valence-electron chi connectivity index (χ0n) is 22.5. The summed E-state index contributed by atoms with van der Waals surface area (Å²) in [5, 5.41) is 5.71. The van der Waals surface area contributed by atoms with Gasteiger partial charge in [0.1, 0.15) is 18.5 Å². The molecular weight excluding hydrogens is 494 g/mol. The molecule has 4 heterocycles. The quantitative estimate of drug-likeness (QED) is 0.387. The Morgan fingerprint density at radius 2 is 1.90 bits per heavy atom. The molecule has 1 N–H and O–H groups in total. The monoisotopic (exact) mass is 529 g/mol. The highest BCUT2D eigenvalue weighted by Gasteiger charge is 2.25. The van der Waals surface area contributed by atoms with Crippen LogP contribution in [0, 0.1) is 0 Å². The van der Waals surface area contributed by atoms with E-state index in [9.17, 15) is 4.79 Å². The van der Waals surface area contributed by atoms with Crippen LogP contribution in [-0.2, 0) is 16.1 Å². The first-order valence-corrected chi connectivity index (χ1v) is 13.7. The summed E-state index contributed by atoms with van der Waals surface area (Å²) in [6.07, 6.45) is 7.59. The predicted molar refractivity (Wildman–Crippen MR) is 151 cm³/mol. The van der Waals surface area contributed by atoms with Gasteiger partial charge in [-0.2, -0.15) is 4.98 Å². The fourth-order valence-electron chi connectivity index (χ4n) is 5.33. The maximum atomic E-state index is 12.1. The molecule has 1 saturated carbocycles. The summed E-state index contributed by atoms with van der Waals surface area (Å²) in [4.78, 5) is 30.2. The molecule has 0 atom stereocenters. The average molecular weight is 530 g/mol. The van der Waals surface area contributed by atoms with Crippen molar-refractivity contribution in [3.8, 4) is 5.88 Å². The van der Waals surface area contributed by atoms with Gasteiger partial charge in [-0.1, -0.05) is 18.2 Å². The maximum absolute atomic E-state index is 12.1. The van der Waals surface area contributed by atoms with Gasteiger partial charge in [0.15, 0.2) is 0 Å². The van der Waals surface area contributed by atoms with Gasteiger partial charge < -0.3 is 29.2 Å². The Balaban J connectivity index is 1.09. The van der Waals surface area contributed by atoms with Crippen LogP contribution >= 0.6 is 0 Å². The van der Waals surface area contributed by atoms with Crippen LogP contribution < -0.4 is 15.0 Å². The summed E-state index contributed by atoms with van der Waals surface area (Å²) in [6.45, 7) is 3.40. The Labute approximate surface area is 227 Å². The van der Waals surface area contributed by atoms with Crippen LogP contribution in [0.2, 0.25) is 0 Å². The number of fused-ring (bicyclic) bond motifs is 2. The number of carbonyl (C=O) groups excluding carboxylic acids is 1. The van der Waals surface area contributed by atoms with Crippen molar-refractivity contribution in [1.82, 2.24) is 24.4 Å². The van der Waals surface area contributed by atoms with Crippen LogP contribution in [0.3, 0.4) is 0 Å². The lowest BCUT2D eigenvalue weighted by Gasteiger charge is -2.31. The fourth-order valence-corrected chi connectivity index (χ4v) is 5.33. The minimum Gasteiger partial charge on any atom is -0.474 e. The Morgan fingerprint density at radius 1 is 1.10 bits per heavy atom. The van der Waals surface area contributed by atoms with E-state index in [1.807, 2.05) is 22.9 Å². The molecule has 10 heteroatoms. The van der Waals surface area contributed by atoms with Gasteiger partial charge in [-0.3, -0.25) is 4.79 Å². The number of anilines is 2. The summed E-state index contributed by atoms with van der Waals surface area (Å²) < 4.78 is 14.0. The molecule has 39 heavy (non-hydrogen) atoms. The summed E-state index contributed by atoms with van der Waals surface area (Å²) in [6, 6.07) is 12.7. The van der Waals surface area contributed by atoms with Crippen molar-refractivity contribution in [2.45, 2.75) is 44.4 Å². The molecule has 0 spiro atoms. The number of nitrogens with one attached hydrogen (secondary N) is 1. The smallest absolute Gasteiger partial charge is 0.241 e. The van der Waals surface area contributed by atoms with Gasteiger partial charge in [0, 0.05) is 44.8 Å². The molecule has 6 rings (SSSR count). The fraction of sp³-hybridized carbons (Fsp3) is 0.448. The number of benzene rings is 1. The highest BCUT2D eigenvalue weighted by molar-refractivity contribution is 5.89.